The van der Waals surface area contributed by atoms with Gasteiger partial charge in [0.2, 0.25) is 15.9 Å². The third kappa shape index (κ3) is 6.50. The van der Waals surface area contributed by atoms with E-state index in [1.807, 2.05) is 21.0 Å². The largest absolute Gasteiger partial charge is 0.378 e. The Balaban J connectivity index is 1.75. The molecule has 1 aliphatic heterocycles. The van der Waals surface area contributed by atoms with Gasteiger partial charge in [0.25, 0.3) is 0 Å². The normalized spacial score (nSPS) is 18.3. The number of nitrogens with one attached hydrogen (secondary N) is 1. The van der Waals surface area contributed by atoms with Gasteiger partial charge in [-0.05, 0) is 49.8 Å². The van der Waals surface area contributed by atoms with Gasteiger partial charge in [0.05, 0.1) is 11.7 Å². The number of nitrogens with zero attached hydrogens (tertiary/aromatic N) is 2. The predicted octanol–water partition coefficient (Wildman–Crippen LogP) is 2.25. The fourth-order valence-corrected chi connectivity index (χ4v) is 4.99. The molecule has 1 heterocycles. The molecule has 1 N–H and O–H groups in total. The molecule has 1 unspecified atom stereocenters. The zero-order chi connectivity index (χ0) is 19.9. The van der Waals surface area contributed by atoms with Gasteiger partial charge in [-0.25, -0.2) is 12.7 Å². The molecule has 0 aliphatic carbocycles. The number of amides is 1. The first kappa shape index (κ1) is 21.7. The summed E-state index contributed by atoms with van der Waals surface area (Å²) < 4.78 is 26.0. The summed E-state index contributed by atoms with van der Waals surface area (Å²) >= 11 is 0. The third-order valence-electron chi connectivity index (χ3n) is 5.00. The Hall–Kier alpha value is -1.60. The van der Waals surface area contributed by atoms with Gasteiger partial charge in [-0.3, -0.25) is 4.79 Å². The summed E-state index contributed by atoms with van der Waals surface area (Å²) in [5.41, 5.74) is 2.43. The lowest BCUT2D eigenvalue weighted by molar-refractivity contribution is -0.126. The minimum Gasteiger partial charge on any atom is -0.378 e. The molecule has 0 bridgehead atoms. The van der Waals surface area contributed by atoms with Crippen molar-refractivity contribution in [3.05, 3.63) is 29.8 Å². The minimum atomic E-state index is -3.22. The van der Waals surface area contributed by atoms with Gasteiger partial charge in [-0.2, -0.15) is 0 Å². The molecule has 1 atom stereocenters. The Kier molecular flexibility index (Phi) is 8.10. The molecular weight excluding hydrogens is 362 g/mol. The topological polar surface area (TPSA) is 69.7 Å². The van der Waals surface area contributed by atoms with E-state index >= 15 is 0 Å². The lowest BCUT2D eigenvalue weighted by Crippen LogP contribution is -2.46. The Morgan fingerprint density at radius 2 is 1.96 bits per heavy atom. The summed E-state index contributed by atoms with van der Waals surface area (Å²) in [6, 6.07) is 8.44. The number of carbonyl (C=O) groups excluding carboxylic acids is 1. The molecule has 0 aromatic heterocycles. The first-order valence-corrected chi connectivity index (χ1v) is 11.5. The number of piperidine rings is 1. The molecule has 1 aromatic carbocycles. The number of rotatable bonds is 9. The van der Waals surface area contributed by atoms with Gasteiger partial charge >= 0.3 is 0 Å². The lowest BCUT2D eigenvalue weighted by atomic mass is 9.99. The smallest absolute Gasteiger partial charge is 0.224 e. The van der Waals surface area contributed by atoms with E-state index in [9.17, 15) is 13.2 Å². The fourth-order valence-electron chi connectivity index (χ4n) is 3.41. The number of benzene rings is 1. The molecule has 0 radical (unpaired) electrons. The maximum atomic E-state index is 12.4. The van der Waals surface area contributed by atoms with E-state index < -0.39 is 10.0 Å². The van der Waals surface area contributed by atoms with Gasteiger partial charge in [-0.1, -0.05) is 19.1 Å². The fraction of sp³-hybridized carbons (Fsp3) is 0.650. The summed E-state index contributed by atoms with van der Waals surface area (Å²) in [4.78, 5) is 14.5. The Bertz CT molecular complexity index is 702. The summed E-state index contributed by atoms with van der Waals surface area (Å²) in [6.07, 6.45) is 3.90. The molecule has 27 heavy (non-hydrogen) atoms. The van der Waals surface area contributed by atoms with Gasteiger partial charge in [0.15, 0.2) is 0 Å². The average molecular weight is 396 g/mol. The zero-order valence-corrected chi connectivity index (χ0v) is 17.6. The first-order chi connectivity index (χ1) is 12.8. The Labute approximate surface area is 164 Å². The third-order valence-corrected chi connectivity index (χ3v) is 7.05. The molecule has 1 aromatic rings. The van der Waals surface area contributed by atoms with Crippen LogP contribution < -0.4 is 10.2 Å². The van der Waals surface area contributed by atoms with Crippen molar-refractivity contribution in [1.82, 2.24) is 9.62 Å². The summed E-state index contributed by atoms with van der Waals surface area (Å²) in [7, 11) is 0.816. The van der Waals surface area contributed by atoms with E-state index in [-0.39, 0.29) is 17.6 Å². The molecule has 1 amide bonds. The molecule has 7 heteroatoms. The monoisotopic (exact) mass is 395 g/mol. The summed E-state index contributed by atoms with van der Waals surface area (Å²) in [5.74, 6) is -0.0902. The number of hydrogen-bond donors (Lipinski definition) is 1. The second-order valence-corrected chi connectivity index (χ2v) is 9.56. The number of aryl methyl sites for hydroxylation is 1. The van der Waals surface area contributed by atoms with Crippen molar-refractivity contribution >= 4 is 21.6 Å². The highest BCUT2D eigenvalue weighted by molar-refractivity contribution is 7.89. The van der Waals surface area contributed by atoms with Crippen LogP contribution in [-0.2, 0) is 21.2 Å². The number of anilines is 1. The summed E-state index contributed by atoms with van der Waals surface area (Å²) in [6.45, 7) is 3.33. The molecule has 1 saturated heterocycles. The zero-order valence-electron chi connectivity index (χ0n) is 16.8. The van der Waals surface area contributed by atoms with Crippen LogP contribution in [0, 0.1) is 5.92 Å². The van der Waals surface area contributed by atoms with E-state index in [1.165, 1.54) is 15.6 Å². The molecular formula is C20H33N3O3S. The van der Waals surface area contributed by atoms with Crippen molar-refractivity contribution < 1.29 is 13.2 Å². The number of hydrogen-bond acceptors (Lipinski definition) is 4. The van der Waals surface area contributed by atoms with E-state index in [1.54, 1.807) is 0 Å². The van der Waals surface area contributed by atoms with Crippen molar-refractivity contribution in [1.29, 1.82) is 0 Å². The molecule has 0 spiro atoms. The highest BCUT2D eigenvalue weighted by atomic mass is 32.2. The van der Waals surface area contributed by atoms with Crippen LogP contribution >= 0.6 is 0 Å². The Morgan fingerprint density at radius 3 is 2.59 bits per heavy atom. The molecule has 1 fully saturated rings. The van der Waals surface area contributed by atoms with Crippen LogP contribution in [0.15, 0.2) is 24.3 Å². The van der Waals surface area contributed by atoms with E-state index in [0.29, 0.717) is 26.1 Å². The molecule has 2 rings (SSSR count). The number of sulfonamides is 1. The van der Waals surface area contributed by atoms with Gasteiger partial charge in [0.1, 0.15) is 0 Å². The van der Waals surface area contributed by atoms with E-state index in [0.717, 1.165) is 25.7 Å². The molecule has 6 nitrogen and oxygen atoms in total. The van der Waals surface area contributed by atoms with Gasteiger partial charge < -0.3 is 10.2 Å². The van der Waals surface area contributed by atoms with Crippen LogP contribution in [0.4, 0.5) is 5.69 Å². The average Bonchev–Trinajstić information content (AvgIpc) is 2.65. The van der Waals surface area contributed by atoms with Crippen molar-refractivity contribution in [2.45, 2.75) is 39.0 Å². The van der Waals surface area contributed by atoms with Crippen LogP contribution in [-0.4, -0.2) is 58.1 Å². The second kappa shape index (κ2) is 10.1. The van der Waals surface area contributed by atoms with Gasteiger partial charge in [0, 0.05) is 39.4 Å². The minimum absolute atomic E-state index is 0.0191. The predicted molar refractivity (Wildman–Crippen MR) is 110 cm³/mol. The van der Waals surface area contributed by atoms with Crippen molar-refractivity contribution in [3.63, 3.8) is 0 Å². The standard InChI is InChI=1S/C20H33N3O3S/c1-4-15-27(25,26)23-14-6-8-18(16-23)20(24)21-13-5-7-17-9-11-19(12-10-17)22(2)3/h9-12,18H,4-8,13-16H2,1-3H3,(H,21,24). The quantitative estimate of drug-likeness (QED) is 0.651. The van der Waals surface area contributed by atoms with Crippen molar-refractivity contribution in [3.8, 4) is 0 Å². The van der Waals surface area contributed by atoms with Crippen LogP contribution in [0.1, 0.15) is 38.2 Å². The van der Waals surface area contributed by atoms with E-state index in [2.05, 4.69) is 34.5 Å². The SMILES string of the molecule is CCCS(=O)(=O)N1CCCC(C(=O)NCCCc2ccc(N(C)C)cc2)C1. The maximum absolute atomic E-state index is 12.4. The maximum Gasteiger partial charge on any atom is 0.224 e. The van der Waals surface area contributed by atoms with Crippen LogP contribution in [0.2, 0.25) is 0 Å². The Morgan fingerprint density at radius 1 is 1.26 bits per heavy atom. The van der Waals surface area contributed by atoms with Crippen molar-refractivity contribution in [2.75, 3.05) is 44.4 Å². The van der Waals surface area contributed by atoms with E-state index in [4.69, 9.17) is 0 Å². The summed E-state index contributed by atoms with van der Waals surface area (Å²) in [5, 5.41) is 2.99. The molecule has 1 aliphatic rings. The van der Waals surface area contributed by atoms with Crippen LogP contribution in [0.25, 0.3) is 0 Å². The molecule has 0 saturated carbocycles. The highest BCUT2D eigenvalue weighted by Gasteiger charge is 2.31. The molecule has 152 valence electrons. The highest BCUT2D eigenvalue weighted by Crippen LogP contribution is 2.20. The van der Waals surface area contributed by atoms with Gasteiger partial charge in [-0.15, -0.1) is 0 Å². The van der Waals surface area contributed by atoms with Crippen molar-refractivity contribution in [2.24, 2.45) is 5.92 Å². The first-order valence-electron chi connectivity index (χ1n) is 9.85. The number of carbonyl (C=O) groups is 1. The van der Waals surface area contributed by atoms with Crippen LogP contribution in [0.5, 0.6) is 0 Å². The lowest BCUT2D eigenvalue weighted by Gasteiger charge is -2.31. The van der Waals surface area contributed by atoms with Crippen LogP contribution in [0.3, 0.4) is 0 Å². The second-order valence-electron chi connectivity index (χ2n) is 7.47.